The molecule has 1 amide bonds. The Morgan fingerprint density at radius 2 is 2.17 bits per heavy atom. The van der Waals surface area contributed by atoms with Gasteiger partial charge in [0.1, 0.15) is 11.3 Å². The molecule has 4 heterocycles. The Morgan fingerprint density at radius 3 is 2.90 bits per heavy atom. The molecule has 0 radical (unpaired) electrons. The zero-order chi connectivity index (χ0) is 20.6. The number of rotatable bonds is 5. The second kappa shape index (κ2) is 7.85. The summed E-state index contributed by atoms with van der Waals surface area (Å²) in [5, 5.41) is 1.07. The average molecular weight is 405 g/mol. The van der Waals surface area contributed by atoms with Gasteiger partial charge in [-0.2, -0.15) is 0 Å². The number of fused-ring (bicyclic) bond motifs is 1. The Morgan fingerprint density at radius 1 is 1.30 bits per heavy atom. The van der Waals surface area contributed by atoms with Gasteiger partial charge in [-0.1, -0.05) is 24.3 Å². The topological polar surface area (TPSA) is 61.5 Å². The third-order valence-corrected chi connectivity index (χ3v) is 6.38. The highest BCUT2D eigenvalue weighted by atomic mass is 16.5. The number of amides is 1. The minimum absolute atomic E-state index is 0.0683. The number of H-pyrrole nitrogens is 1. The van der Waals surface area contributed by atoms with Crippen LogP contribution in [0.4, 0.5) is 0 Å². The van der Waals surface area contributed by atoms with Crippen LogP contribution in [-0.2, 0) is 11.3 Å². The maximum atomic E-state index is 12.8. The Bertz CT molecular complexity index is 983. The molecular weight excluding hydrogens is 376 g/mol. The average Bonchev–Trinajstić information content (AvgIpc) is 3.17. The number of aromatic nitrogens is 2. The molecule has 3 aromatic rings. The molecule has 0 saturated carbocycles. The number of pyridine rings is 1. The molecule has 2 aliphatic rings. The van der Waals surface area contributed by atoms with Gasteiger partial charge in [0.05, 0.1) is 19.7 Å². The monoisotopic (exact) mass is 404 g/mol. The van der Waals surface area contributed by atoms with Crippen LogP contribution in [0.5, 0.6) is 0 Å². The summed E-state index contributed by atoms with van der Waals surface area (Å²) in [6.45, 7) is 4.08. The summed E-state index contributed by atoms with van der Waals surface area (Å²) in [6, 6.07) is 14.0. The molecule has 30 heavy (non-hydrogen) atoms. The molecule has 156 valence electrons. The van der Waals surface area contributed by atoms with Gasteiger partial charge in [0, 0.05) is 36.4 Å². The van der Waals surface area contributed by atoms with E-state index in [2.05, 4.69) is 28.0 Å². The van der Waals surface area contributed by atoms with Gasteiger partial charge in [-0.3, -0.25) is 9.78 Å². The lowest BCUT2D eigenvalue weighted by molar-refractivity contribution is -0.168. The highest BCUT2D eigenvalue weighted by Crippen LogP contribution is 2.37. The molecule has 5 rings (SSSR count). The summed E-state index contributed by atoms with van der Waals surface area (Å²) in [7, 11) is 2.15. The highest BCUT2D eigenvalue weighted by Gasteiger charge is 2.48. The second-order valence-corrected chi connectivity index (χ2v) is 8.89. The number of nitrogens with zero attached hydrogens (tertiary/aromatic N) is 3. The first-order valence-electron chi connectivity index (χ1n) is 10.7. The predicted octanol–water partition coefficient (Wildman–Crippen LogP) is 3.32. The Kier molecular flexibility index (Phi) is 5.05. The molecule has 2 saturated heterocycles. The zero-order valence-electron chi connectivity index (χ0n) is 17.4. The van der Waals surface area contributed by atoms with Crippen molar-refractivity contribution in [3.8, 4) is 0 Å². The summed E-state index contributed by atoms with van der Waals surface area (Å²) in [6.07, 6.45) is 5.90. The van der Waals surface area contributed by atoms with E-state index in [1.165, 1.54) is 5.56 Å². The summed E-state index contributed by atoms with van der Waals surface area (Å²) in [4.78, 5) is 24.5. The molecule has 1 spiro atoms. The number of para-hydroxylation sites is 1. The van der Waals surface area contributed by atoms with Crippen molar-refractivity contribution >= 4 is 16.8 Å². The fourth-order valence-electron chi connectivity index (χ4n) is 4.77. The largest absolute Gasteiger partial charge is 0.371 e. The van der Waals surface area contributed by atoms with Crippen LogP contribution in [0.25, 0.3) is 10.9 Å². The Labute approximate surface area is 176 Å². The van der Waals surface area contributed by atoms with Crippen molar-refractivity contribution in [2.45, 2.75) is 25.0 Å². The molecule has 1 atom stereocenters. The van der Waals surface area contributed by atoms with Crippen molar-refractivity contribution in [1.29, 1.82) is 0 Å². The highest BCUT2D eigenvalue weighted by molar-refractivity contribution is 5.98. The Hall–Kier alpha value is -2.70. The summed E-state index contributed by atoms with van der Waals surface area (Å²) in [5.41, 5.74) is 2.76. The Balaban J connectivity index is 1.11. The lowest BCUT2D eigenvalue weighted by Crippen LogP contribution is -2.66. The number of likely N-dealkylation sites (tertiary alicyclic amines) is 1. The molecule has 6 nitrogen and oxygen atoms in total. The van der Waals surface area contributed by atoms with E-state index in [4.69, 9.17) is 4.74 Å². The van der Waals surface area contributed by atoms with Crippen LogP contribution in [-0.4, -0.2) is 64.6 Å². The lowest BCUT2D eigenvalue weighted by atomic mass is 9.82. The van der Waals surface area contributed by atoms with Gasteiger partial charge in [0.15, 0.2) is 0 Å². The number of hydrogen-bond acceptors (Lipinski definition) is 4. The van der Waals surface area contributed by atoms with E-state index < -0.39 is 0 Å². The molecule has 2 aromatic heterocycles. The first-order valence-corrected chi connectivity index (χ1v) is 10.7. The van der Waals surface area contributed by atoms with Crippen molar-refractivity contribution in [3.63, 3.8) is 0 Å². The zero-order valence-corrected chi connectivity index (χ0v) is 17.4. The maximum absolute atomic E-state index is 12.8. The first kappa shape index (κ1) is 19.3. The second-order valence-electron chi connectivity index (χ2n) is 8.89. The van der Waals surface area contributed by atoms with E-state index >= 15 is 0 Å². The number of benzene rings is 1. The molecule has 1 N–H and O–H groups in total. The first-order chi connectivity index (χ1) is 14.6. The van der Waals surface area contributed by atoms with E-state index in [-0.39, 0.29) is 11.5 Å². The van der Waals surface area contributed by atoms with Crippen LogP contribution in [0, 0.1) is 5.92 Å². The van der Waals surface area contributed by atoms with Crippen LogP contribution in [0.15, 0.2) is 54.9 Å². The van der Waals surface area contributed by atoms with Crippen LogP contribution >= 0.6 is 0 Å². The van der Waals surface area contributed by atoms with Crippen molar-refractivity contribution in [2.24, 2.45) is 5.92 Å². The van der Waals surface area contributed by atoms with Gasteiger partial charge in [-0.25, -0.2) is 0 Å². The minimum atomic E-state index is -0.139. The smallest absolute Gasteiger partial charge is 0.270 e. The van der Waals surface area contributed by atoms with Crippen LogP contribution in [0.1, 0.15) is 28.9 Å². The number of ether oxygens (including phenoxy) is 1. The van der Waals surface area contributed by atoms with E-state index in [1.807, 2.05) is 53.7 Å². The number of hydrogen-bond donors (Lipinski definition) is 1. The number of aromatic amines is 1. The molecule has 1 aromatic carbocycles. The standard InChI is InChI=1S/C24H28N4O2/c1-27(13-18-5-4-10-25-12-18)14-19-8-9-24(30-15-19)16-28(17-24)23(29)22-11-20-6-2-3-7-21(20)26-22/h2-7,10-12,19,26H,8-9,13-17H2,1H3/t19-/m1/s1. The molecular formula is C24H28N4O2. The van der Waals surface area contributed by atoms with Gasteiger partial charge in [-0.05, 0) is 49.6 Å². The summed E-state index contributed by atoms with van der Waals surface area (Å²) < 4.78 is 6.30. The number of nitrogens with one attached hydrogen (secondary N) is 1. The quantitative estimate of drug-likeness (QED) is 0.709. The van der Waals surface area contributed by atoms with E-state index in [0.717, 1.165) is 43.4 Å². The van der Waals surface area contributed by atoms with Crippen LogP contribution < -0.4 is 0 Å². The van der Waals surface area contributed by atoms with Gasteiger partial charge in [-0.15, -0.1) is 0 Å². The van der Waals surface area contributed by atoms with Crippen molar-refractivity contribution < 1.29 is 9.53 Å². The van der Waals surface area contributed by atoms with Gasteiger partial charge >= 0.3 is 0 Å². The van der Waals surface area contributed by atoms with Crippen LogP contribution in [0.2, 0.25) is 0 Å². The fraction of sp³-hybridized carbons (Fsp3) is 0.417. The fourth-order valence-corrected chi connectivity index (χ4v) is 4.77. The molecule has 0 unspecified atom stereocenters. The third-order valence-electron chi connectivity index (χ3n) is 6.38. The summed E-state index contributed by atoms with van der Waals surface area (Å²) >= 11 is 0. The molecule has 6 heteroatoms. The van der Waals surface area contributed by atoms with Crippen molar-refractivity contribution in [3.05, 3.63) is 66.1 Å². The SMILES string of the molecule is CN(Cc1cccnc1)C[C@H]1CCC2(CN(C(=O)c3cc4ccccc4[nH]3)C2)OC1. The van der Waals surface area contributed by atoms with Crippen LogP contribution in [0.3, 0.4) is 0 Å². The molecule has 0 aliphatic carbocycles. The lowest BCUT2D eigenvalue weighted by Gasteiger charge is -2.52. The normalized spacial score (nSPS) is 20.6. The molecule has 0 bridgehead atoms. The van der Waals surface area contributed by atoms with Gasteiger partial charge in [0.2, 0.25) is 0 Å². The summed E-state index contributed by atoms with van der Waals surface area (Å²) in [5.74, 6) is 0.606. The van der Waals surface area contributed by atoms with E-state index in [9.17, 15) is 4.79 Å². The van der Waals surface area contributed by atoms with E-state index in [0.29, 0.717) is 24.7 Å². The number of carbonyl (C=O) groups excluding carboxylic acids is 1. The third kappa shape index (κ3) is 3.85. The maximum Gasteiger partial charge on any atom is 0.270 e. The van der Waals surface area contributed by atoms with Crippen molar-refractivity contribution in [1.82, 2.24) is 19.8 Å². The number of carbonyl (C=O) groups is 1. The predicted molar refractivity (Wildman–Crippen MR) is 116 cm³/mol. The molecule has 2 aliphatic heterocycles. The van der Waals surface area contributed by atoms with Gasteiger partial charge < -0.3 is 19.5 Å². The van der Waals surface area contributed by atoms with Crippen molar-refractivity contribution in [2.75, 3.05) is 33.3 Å². The minimum Gasteiger partial charge on any atom is -0.371 e. The van der Waals surface area contributed by atoms with Gasteiger partial charge in [0.25, 0.3) is 5.91 Å². The molecule has 2 fully saturated rings. The van der Waals surface area contributed by atoms with E-state index in [1.54, 1.807) is 0 Å².